The number of aryl methyl sites for hydroxylation is 1. The molecule has 1 aromatic heterocycles. The predicted molar refractivity (Wildman–Crippen MR) is 150 cm³/mol. The lowest BCUT2D eigenvalue weighted by molar-refractivity contribution is -0.0878. The van der Waals surface area contributed by atoms with E-state index in [4.69, 9.17) is 11.6 Å². The van der Waals surface area contributed by atoms with Crippen molar-refractivity contribution >= 4 is 28.2 Å². The summed E-state index contributed by atoms with van der Waals surface area (Å²) in [7, 11) is 0. The summed E-state index contributed by atoms with van der Waals surface area (Å²) in [5.41, 5.74) is 4.49. The van der Waals surface area contributed by atoms with Gasteiger partial charge in [-0.15, -0.1) is 0 Å². The van der Waals surface area contributed by atoms with Crippen molar-refractivity contribution < 1.29 is 18.3 Å². The van der Waals surface area contributed by atoms with Crippen LogP contribution in [0.5, 0.6) is 5.75 Å². The van der Waals surface area contributed by atoms with Crippen LogP contribution in [0.4, 0.5) is 13.2 Å². The molecule has 2 aromatic carbocycles. The summed E-state index contributed by atoms with van der Waals surface area (Å²) in [4.78, 5) is 7.40. The van der Waals surface area contributed by atoms with Crippen molar-refractivity contribution in [1.82, 2.24) is 4.98 Å². The molecule has 200 valence electrons. The number of halogens is 4. The summed E-state index contributed by atoms with van der Waals surface area (Å²) in [6, 6.07) is 13.6. The van der Waals surface area contributed by atoms with Gasteiger partial charge in [0.25, 0.3) is 0 Å². The summed E-state index contributed by atoms with van der Waals surface area (Å²) in [6.07, 6.45) is 2.69. The number of phenols is 1. The molecule has 3 aromatic rings. The molecule has 0 aliphatic rings. The zero-order chi connectivity index (χ0) is 27.6. The third-order valence-corrected chi connectivity index (χ3v) is 6.30. The van der Waals surface area contributed by atoms with Gasteiger partial charge in [-0.25, -0.2) is 0 Å². The molecule has 0 fully saturated rings. The number of nitrogens with one attached hydrogen (secondary N) is 1. The lowest BCUT2D eigenvalue weighted by Crippen LogP contribution is -2.08. The van der Waals surface area contributed by atoms with E-state index in [2.05, 4.69) is 30.4 Å². The first-order valence-corrected chi connectivity index (χ1v) is 12.9. The van der Waals surface area contributed by atoms with Crippen LogP contribution < -0.4 is 0 Å². The van der Waals surface area contributed by atoms with E-state index >= 15 is 0 Å². The van der Waals surface area contributed by atoms with Gasteiger partial charge in [-0.1, -0.05) is 70.0 Å². The Labute approximate surface area is 222 Å². The van der Waals surface area contributed by atoms with Gasteiger partial charge in [0.1, 0.15) is 5.75 Å². The zero-order valence-electron chi connectivity index (χ0n) is 21.9. The molecule has 1 heterocycles. The Kier molecular flexibility index (Phi) is 11.5. The smallest absolute Gasteiger partial charge is 0.415 e. The second kappa shape index (κ2) is 14.1. The van der Waals surface area contributed by atoms with Gasteiger partial charge in [0.05, 0.1) is 0 Å². The topological polar surface area (TPSA) is 48.4 Å². The Morgan fingerprint density at radius 1 is 1.16 bits per heavy atom. The van der Waals surface area contributed by atoms with Crippen LogP contribution in [-0.4, -0.2) is 22.0 Å². The maximum atomic E-state index is 11.9. The van der Waals surface area contributed by atoms with Crippen LogP contribution in [0, 0.1) is 0 Å². The zero-order valence-corrected chi connectivity index (χ0v) is 22.7. The second-order valence-electron chi connectivity index (χ2n) is 9.04. The van der Waals surface area contributed by atoms with E-state index in [1.807, 2.05) is 43.3 Å². The number of nitrogens with zero attached hydrogens (tertiary/aromatic N) is 1. The normalized spacial score (nSPS) is 13.0. The van der Waals surface area contributed by atoms with E-state index in [0.717, 1.165) is 66.2 Å². The fraction of sp³-hybridized carbons (Fsp3) is 0.367. The first kappa shape index (κ1) is 30.2. The molecule has 1 atom stereocenters. The van der Waals surface area contributed by atoms with Crippen molar-refractivity contribution in [2.24, 2.45) is 4.99 Å². The molecule has 0 saturated carbocycles. The highest BCUT2D eigenvalue weighted by molar-refractivity contribution is 6.31. The van der Waals surface area contributed by atoms with Crippen LogP contribution >= 0.6 is 11.6 Å². The Morgan fingerprint density at radius 2 is 1.86 bits per heavy atom. The van der Waals surface area contributed by atoms with E-state index in [-0.39, 0.29) is 5.92 Å². The average molecular weight is 533 g/mol. The highest BCUT2D eigenvalue weighted by Gasteiger charge is 2.29. The van der Waals surface area contributed by atoms with Gasteiger partial charge in [-0.3, -0.25) is 4.99 Å². The number of benzene rings is 2. The standard InChI is InChI=1S/C20H22ClNO.C10H14F3N/c1-3-4-7-16-17-12-14(21)10-11-18(17)22-20(16)13(2)15-8-5-6-9-19(15)23;1-4-5-9(3)14-7-6-8(2)10(11,12)13/h5-6,8-13,22-23H,3-4,7H2,1-2H3;6-7H,2,4-5H2,1,3H3/b;7-6-,14-9?. The van der Waals surface area contributed by atoms with Crippen molar-refractivity contribution in [1.29, 1.82) is 0 Å². The minimum absolute atomic E-state index is 0.106. The molecule has 0 bridgehead atoms. The number of hydrogen-bond donors (Lipinski definition) is 2. The van der Waals surface area contributed by atoms with Gasteiger partial charge in [0, 0.05) is 50.6 Å². The molecule has 0 amide bonds. The second-order valence-corrected chi connectivity index (χ2v) is 9.48. The van der Waals surface area contributed by atoms with Gasteiger partial charge in [0.2, 0.25) is 0 Å². The van der Waals surface area contributed by atoms with E-state index in [1.165, 1.54) is 16.6 Å². The molecule has 0 radical (unpaired) electrons. The summed E-state index contributed by atoms with van der Waals surface area (Å²) in [5.74, 6) is 0.451. The summed E-state index contributed by atoms with van der Waals surface area (Å²) in [6.45, 7) is 11.0. The number of aromatic hydroxyl groups is 1. The molecule has 3 nitrogen and oxygen atoms in total. The number of hydrogen-bond acceptors (Lipinski definition) is 2. The fourth-order valence-electron chi connectivity index (χ4n) is 4.02. The number of unbranched alkanes of at least 4 members (excludes halogenated alkanes) is 1. The van der Waals surface area contributed by atoms with Gasteiger partial charge < -0.3 is 10.1 Å². The number of fused-ring (bicyclic) bond motifs is 1. The number of aliphatic imine (C=N–C) groups is 1. The number of aromatic amines is 1. The molecule has 37 heavy (non-hydrogen) atoms. The molecule has 2 N–H and O–H groups in total. The van der Waals surface area contributed by atoms with Crippen molar-refractivity contribution in [2.75, 3.05) is 0 Å². The number of aromatic nitrogens is 1. The van der Waals surface area contributed by atoms with Crippen molar-refractivity contribution in [3.63, 3.8) is 0 Å². The maximum Gasteiger partial charge on any atom is 0.415 e. The molecule has 0 aliphatic heterocycles. The number of rotatable bonds is 9. The molecule has 0 spiro atoms. The Hall–Kier alpha value is -2.99. The molecule has 3 rings (SSSR count). The Bertz CT molecular complexity index is 1240. The van der Waals surface area contributed by atoms with Crippen LogP contribution in [0.25, 0.3) is 10.9 Å². The maximum absolute atomic E-state index is 11.9. The molecule has 7 heteroatoms. The van der Waals surface area contributed by atoms with Crippen molar-refractivity contribution in [3.8, 4) is 5.75 Å². The number of para-hydroxylation sites is 1. The number of H-pyrrole nitrogens is 1. The average Bonchev–Trinajstić information content (AvgIpc) is 3.20. The highest BCUT2D eigenvalue weighted by atomic mass is 35.5. The predicted octanol–water partition coefficient (Wildman–Crippen LogP) is 9.90. The fourth-order valence-corrected chi connectivity index (χ4v) is 4.19. The lowest BCUT2D eigenvalue weighted by atomic mass is 9.92. The van der Waals surface area contributed by atoms with Crippen LogP contribution in [0.2, 0.25) is 5.02 Å². The van der Waals surface area contributed by atoms with Crippen LogP contribution in [0.1, 0.15) is 76.1 Å². The summed E-state index contributed by atoms with van der Waals surface area (Å²) >= 11 is 6.20. The summed E-state index contributed by atoms with van der Waals surface area (Å²) in [5, 5.41) is 12.2. The molecular weight excluding hydrogens is 497 g/mol. The summed E-state index contributed by atoms with van der Waals surface area (Å²) < 4.78 is 35.8. The largest absolute Gasteiger partial charge is 0.508 e. The highest BCUT2D eigenvalue weighted by Crippen LogP contribution is 2.36. The Balaban J connectivity index is 0.000000298. The van der Waals surface area contributed by atoms with E-state index in [1.54, 1.807) is 13.0 Å². The number of alkyl halides is 3. The van der Waals surface area contributed by atoms with Crippen LogP contribution in [0.3, 0.4) is 0 Å². The van der Waals surface area contributed by atoms with E-state index in [9.17, 15) is 18.3 Å². The first-order valence-electron chi connectivity index (χ1n) is 12.5. The van der Waals surface area contributed by atoms with Crippen LogP contribution in [0.15, 0.2) is 71.9 Å². The van der Waals surface area contributed by atoms with E-state index < -0.39 is 11.7 Å². The monoisotopic (exact) mass is 532 g/mol. The lowest BCUT2D eigenvalue weighted by Gasteiger charge is -2.15. The molecular formula is C30H36ClF3N2O. The third kappa shape index (κ3) is 8.81. The van der Waals surface area contributed by atoms with Gasteiger partial charge in [-0.05, 0) is 62.1 Å². The Morgan fingerprint density at radius 3 is 2.49 bits per heavy atom. The van der Waals surface area contributed by atoms with Crippen molar-refractivity contribution in [2.45, 2.75) is 71.9 Å². The SMILES string of the molecule is C=C(/C=C\N=C(C)CCC)C(F)(F)F.CCCCc1c(C(C)c2ccccc2O)[nH]c2ccc(Cl)cc12. The number of allylic oxidation sites excluding steroid dienone is 2. The van der Waals surface area contributed by atoms with Gasteiger partial charge in [0.15, 0.2) is 0 Å². The molecule has 0 saturated heterocycles. The molecule has 0 aliphatic carbocycles. The minimum Gasteiger partial charge on any atom is -0.508 e. The van der Waals surface area contributed by atoms with Gasteiger partial charge in [-0.2, -0.15) is 13.2 Å². The minimum atomic E-state index is -4.36. The third-order valence-electron chi connectivity index (χ3n) is 6.06. The number of phenolic OH excluding ortho intramolecular Hbond substituents is 1. The molecule has 1 unspecified atom stereocenters. The van der Waals surface area contributed by atoms with Crippen LogP contribution in [-0.2, 0) is 6.42 Å². The quantitative estimate of drug-likeness (QED) is 0.209. The van der Waals surface area contributed by atoms with Gasteiger partial charge >= 0.3 is 6.18 Å². The first-order chi connectivity index (χ1) is 17.5. The van der Waals surface area contributed by atoms with E-state index in [0.29, 0.717) is 5.75 Å². The van der Waals surface area contributed by atoms with Crippen molar-refractivity contribution in [3.05, 3.63) is 88.7 Å².